The minimum absolute atomic E-state index is 0.269. The number of aromatic nitrogens is 1. The Morgan fingerprint density at radius 3 is 2.82 bits per heavy atom. The largest absolute Gasteiger partial charge is 0.482 e. The van der Waals surface area contributed by atoms with Crippen molar-refractivity contribution in [2.24, 2.45) is 0 Å². The summed E-state index contributed by atoms with van der Waals surface area (Å²) in [6, 6.07) is 5.44. The normalized spacial score (nSPS) is 10.6. The van der Waals surface area contributed by atoms with Gasteiger partial charge in [0.15, 0.2) is 6.61 Å². The van der Waals surface area contributed by atoms with E-state index in [1.165, 1.54) is 0 Å². The van der Waals surface area contributed by atoms with Gasteiger partial charge in [-0.05, 0) is 32.0 Å². The number of ether oxygens (including phenoxy) is 1. The zero-order chi connectivity index (χ0) is 12.4. The highest BCUT2D eigenvalue weighted by Crippen LogP contribution is 2.28. The van der Waals surface area contributed by atoms with E-state index >= 15 is 0 Å². The van der Waals surface area contributed by atoms with Crippen LogP contribution in [0.5, 0.6) is 5.75 Å². The van der Waals surface area contributed by atoms with Gasteiger partial charge in [-0.3, -0.25) is 0 Å². The summed E-state index contributed by atoms with van der Waals surface area (Å²) in [5, 5.41) is 0.563. The molecule has 90 valence electrons. The van der Waals surface area contributed by atoms with Crippen molar-refractivity contribution in [3.05, 3.63) is 45.0 Å². The molecule has 0 aliphatic rings. The molecule has 2 aromatic rings. The molecule has 0 saturated carbocycles. The van der Waals surface area contributed by atoms with Crippen LogP contribution in [0.4, 0.5) is 0 Å². The van der Waals surface area contributed by atoms with Gasteiger partial charge in [0.1, 0.15) is 11.5 Å². The van der Waals surface area contributed by atoms with Gasteiger partial charge in [0.05, 0.1) is 10.7 Å². The summed E-state index contributed by atoms with van der Waals surface area (Å²) in [5.74, 6) is 1.97. The highest BCUT2D eigenvalue weighted by Gasteiger charge is 2.08. The minimum atomic E-state index is 0.269. The summed E-state index contributed by atoms with van der Waals surface area (Å²) in [6.45, 7) is 4.04. The summed E-state index contributed by atoms with van der Waals surface area (Å²) in [5.41, 5.74) is 0.879. The zero-order valence-electron chi connectivity index (χ0n) is 9.46. The first-order chi connectivity index (χ1) is 8.06. The first kappa shape index (κ1) is 12.5. The molecule has 0 unspecified atom stereocenters. The van der Waals surface area contributed by atoms with Crippen LogP contribution >= 0.6 is 27.5 Å². The van der Waals surface area contributed by atoms with Crippen LogP contribution in [0.3, 0.4) is 0 Å². The van der Waals surface area contributed by atoms with Gasteiger partial charge in [0.2, 0.25) is 5.89 Å². The van der Waals surface area contributed by atoms with E-state index in [1.807, 2.05) is 26.0 Å². The molecule has 3 nitrogen and oxygen atoms in total. The Kier molecular flexibility index (Phi) is 3.74. The molecule has 17 heavy (non-hydrogen) atoms. The lowest BCUT2D eigenvalue weighted by Crippen LogP contribution is -1.96. The first-order valence-electron chi connectivity index (χ1n) is 5.07. The molecule has 0 atom stereocenters. The number of rotatable bonds is 3. The lowest BCUT2D eigenvalue weighted by atomic mass is 10.3. The summed E-state index contributed by atoms with van der Waals surface area (Å²) in [7, 11) is 0. The summed E-state index contributed by atoms with van der Waals surface area (Å²) in [6.07, 6.45) is 0. The Labute approximate surface area is 113 Å². The molecule has 0 N–H and O–H groups in total. The van der Waals surface area contributed by atoms with Crippen LogP contribution in [0.1, 0.15) is 17.3 Å². The van der Waals surface area contributed by atoms with Crippen LogP contribution in [0.15, 0.2) is 27.1 Å². The van der Waals surface area contributed by atoms with Gasteiger partial charge < -0.3 is 9.15 Å². The maximum atomic E-state index is 6.00. The number of nitrogens with zero attached hydrogens (tertiary/aromatic N) is 1. The molecule has 1 aromatic heterocycles. The molecule has 2 rings (SSSR count). The Morgan fingerprint density at radius 2 is 2.18 bits per heavy atom. The van der Waals surface area contributed by atoms with Crippen molar-refractivity contribution in [1.29, 1.82) is 0 Å². The van der Waals surface area contributed by atoms with E-state index in [4.69, 9.17) is 20.8 Å². The molecule has 0 radical (unpaired) electrons. The second-order valence-electron chi connectivity index (χ2n) is 3.61. The molecular weight excluding hydrogens is 305 g/mol. The van der Waals surface area contributed by atoms with E-state index in [-0.39, 0.29) is 6.61 Å². The van der Waals surface area contributed by atoms with Crippen LogP contribution in [0, 0.1) is 13.8 Å². The van der Waals surface area contributed by atoms with E-state index in [2.05, 4.69) is 20.9 Å². The Bertz CT molecular complexity index is 520. The van der Waals surface area contributed by atoms with Crippen molar-refractivity contribution in [3.8, 4) is 5.75 Å². The first-order valence-corrected chi connectivity index (χ1v) is 6.24. The fraction of sp³-hybridized carbons (Fsp3) is 0.250. The quantitative estimate of drug-likeness (QED) is 0.847. The van der Waals surface area contributed by atoms with Crippen molar-refractivity contribution >= 4 is 27.5 Å². The van der Waals surface area contributed by atoms with Gasteiger partial charge in [0.25, 0.3) is 0 Å². The molecule has 0 fully saturated rings. The van der Waals surface area contributed by atoms with Crippen molar-refractivity contribution in [2.75, 3.05) is 0 Å². The SMILES string of the molecule is Cc1nc(COc2cc(Br)ccc2Cl)oc1C. The topological polar surface area (TPSA) is 35.3 Å². The molecule has 0 aliphatic carbocycles. The third kappa shape index (κ3) is 3.01. The molecule has 0 spiro atoms. The van der Waals surface area contributed by atoms with Gasteiger partial charge in [-0.15, -0.1) is 0 Å². The number of benzene rings is 1. The number of halogens is 2. The third-order valence-corrected chi connectivity index (χ3v) is 3.12. The average molecular weight is 317 g/mol. The van der Waals surface area contributed by atoms with Crippen LogP contribution in [-0.4, -0.2) is 4.98 Å². The predicted molar refractivity (Wildman–Crippen MR) is 69.5 cm³/mol. The van der Waals surface area contributed by atoms with E-state index in [1.54, 1.807) is 6.07 Å². The maximum Gasteiger partial charge on any atom is 0.232 e. The average Bonchev–Trinajstić information content (AvgIpc) is 2.60. The van der Waals surface area contributed by atoms with Crippen molar-refractivity contribution in [3.63, 3.8) is 0 Å². The third-order valence-electron chi connectivity index (χ3n) is 2.32. The zero-order valence-corrected chi connectivity index (χ0v) is 11.8. The van der Waals surface area contributed by atoms with Crippen LogP contribution in [0.25, 0.3) is 0 Å². The molecule has 0 bridgehead atoms. The summed E-state index contributed by atoms with van der Waals surface area (Å²) < 4.78 is 11.9. The molecular formula is C12H11BrClNO2. The van der Waals surface area contributed by atoms with Crippen molar-refractivity contribution in [2.45, 2.75) is 20.5 Å². The van der Waals surface area contributed by atoms with E-state index in [0.29, 0.717) is 16.7 Å². The summed E-state index contributed by atoms with van der Waals surface area (Å²) in [4.78, 5) is 4.23. The van der Waals surface area contributed by atoms with Gasteiger partial charge in [0, 0.05) is 4.47 Å². The lowest BCUT2D eigenvalue weighted by molar-refractivity contribution is 0.260. The van der Waals surface area contributed by atoms with Gasteiger partial charge in [-0.25, -0.2) is 4.98 Å². The fourth-order valence-electron chi connectivity index (χ4n) is 1.33. The van der Waals surface area contributed by atoms with E-state index < -0.39 is 0 Å². The molecule has 1 aromatic carbocycles. The van der Waals surface area contributed by atoms with Gasteiger partial charge in [-0.1, -0.05) is 27.5 Å². The fourth-order valence-corrected chi connectivity index (χ4v) is 1.84. The van der Waals surface area contributed by atoms with Crippen LogP contribution in [0.2, 0.25) is 5.02 Å². The summed E-state index contributed by atoms with van der Waals surface area (Å²) >= 11 is 9.36. The molecule has 0 aliphatic heterocycles. The standard InChI is InChI=1S/C12H11BrClNO2/c1-7-8(2)17-12(15-7)6-16-11-5-9(13)3-4-10(11)14/h3-5H,6H2,1-2H3. The highest BCUT2D eigenvalue weighted by molar-refractivity contribution is 9.10. The number of hydrogen-bond acceptors (Lipinski definition) is 3. The van der Waals surface area contributed by atoms with Gasteiger partial charge in [-0.2, -0.15) is 0 Å². The number of hydrogen-bond donors (Lipinski definition) is 0. The second kappa shape index (κ2) is 5.10. The maximum absolute atomic E-state index is 6.00. The highest BCUT2D eigenvalue weighted by atomic mass is 79.9. The molecule has 0 saturated heterocycles. The Morgan fingerprint density at radius 1 is 1.41 bits per heavy atom. The predicted octanol–water partition coefficient (Wildman–Crippen LogP) is 4.29. The smallest absolute Gasteiger partial charge is 0.232 e. The van der Waals surface area contributed by atoms with E-state index in [0.717, 1.165) is 15.9 Å². The minimum Gasteiger partial charge on any atom is -0.482 e. The number of oxazole rings is 1. The Balaban J connectivity index is 2.09. The van der Waals surface area contributed by atoms with Crippen LogP contribution in [-0.2, 0) is 6.61 Å². The molecule has 5 heteroatoms. The number of aryl methyl sites for hydroxylation is 2. The lowest BCUT2D eigenvalue weighted by Gasteiger charge is -2.05. The van der Waals surface area contributed by atoms with Crippen molar-refractivity contribution in [1.82, 2.24) is 4.98 Å². The molecule has 0 amide bonds. The van der Waals surface area contributed by atoms with Gasteiger partial charge >= 0.3 is 0 Å². The monoisotopic (exact) mass is 315 g/mol. The Hall–Kier alpha value is -1.00. The molecule has 1 heterocycles. The van der Waals surface area contributed by atoms with Crippen molar-refractivity contribution < 1.29 is 9.15 Å². The van der Waals surface area contributed by atoms with E-state index in [9.17, 15) is 0 Å². The van der Waals surface area contributed by atoms with Crippen LogP contribution < -0.4 is 4.74 Å². The second-order valence-corrected chi connectivity index (χ2v) is 4.94.